The highest BCUT2D eigenvalue weighted by atomic mass is 32.2. The van der Waals surface area contributed by atoms with E-state index in [2.05, 4.69) is 20.5 Å². The van der Waals surface area contributed by atoms with Crippen LogP contribution in [0, 0.1) is 18.6 Å². The van der Waals surface area contributed by atoms with Crippen molar-refractivity contribution in [3.63, 3.8) is 0 Å². The molecule has 0 unspecified atom stereocenters. The summed E-state index contributed by atoms with van der Waals surface area (Å²) in [6.07, 6.45) is 1.59. The van der Waals surface area contributed by atoms with Crippen molar-refractivity contribution in [1.29, 1.82) is 0 Å². The SMILES string of the molecule is CCn1c(SCC(=O)Nc2nc(-c3cc(F)ccc3F)cs2)nnc1-c1ccoc1C. The van der Waals surface area contributed by atoms with Gasteiger partial charge in [-0.2, -0.15) is 0 Å². The first-order valence-corrected chi connectivity index (χ1v) is 11.1. The van der Waals surface area contributed by atoms with Crippen molar-refractivity contribution in [3.8, 4) is 22.6 Å². The van der Waals surface area contributed by atoms with Crippen LogP contribution in [0.3, 0.4) is 0 Å². The normalized spacial score (nSPS) is 11.1. The van der Waals surface area contributed by atoms with Crippen LogP contribution in [0.5, 0.6) is 0 Å². The minimum Gasteiger partial charge on any atom is -0.469 e. The van der Waals surface area contributed by atoms with Crippen LogP contribution in [0.25, 0.3) is 22.6 Å². The number of aryl methyl sites for hydroxylation is 1. The average molecular weight is 462 g/mol. The number of thioether (sulfide) groups is 1. The van der Waals surface area contributed by atoms with Gasteiger partial charge in [0.05, 0.1) is 23.3 Å². The molecular formula is C20H17F2N5O2S2. The molecule has 0 aliphatic heterocycles. The quantitative estimate of drug-likeness (QED) is 0.390. The summed E-state index contributed by atoms with van der Waals surface area (Å²) in [4.78, 5) is 16.6. The second-order valence-corrected chi connectivity index (χ2v) is 8.24. The minimum absolute atomic E-state index is 0.0456. The highest BCUT2D eigenvalue weighted by Crippen LogP contribution is 2.29. The molecule has 160 valence electrons. The Bertz CT molecular complexity index is 1230. The number of rotatable bonds is 7. The van der Waals surface area contributed by atoms with Gasteiger partial charge in [-0.3, -0.25) is 4.79 Å². The van der Waals surface area contributed by atoms with Crippen molar-refractivity contribution in [2.24, 2.45) is 0 Å². The maximum atomic E-state index is 13.9. The van der Waals surface area contributed by atoms with Crippen LogP contribution in [0.4, 0.5) is 13.9 Å². The number of thiazole rings is 1. The maximum Gasteiger partial charge on any atom is 0.236 e. The Morgan fingerprint density at radius 1 is 1.26 bits per heavy atom. The lowest BCUT2D eigenvalue weighted by molar-refractivity contribution is -0.113. The molecular weight excluding hydrogens is 444 g/mol. The molecule has 1 amide bonds. The zero-order chi connectivity index (χ0) is 22.0. The van der Waals surface area contributed by atoms with Gasteiger partial charge in [-0.25, -0.2) is 13.8 Å². The summed E-state index contributed by atoms with van der Waals surface area (Å²) < 4.78 is 34.6. The zero-order valence-corrected chi connectivity index (χ0v) is 18.2. The molecule has 3 aromatic heterocycles. The molecule has 3 heterocycles. The molecule has 0 fully saturated rings. The number of carbonyl (C=O) groups is 1. The number of hydrogen-bond acceptors (Lipinski definition) is 7. The molecule has 1 N–H and O–H groups in total. The lowest BCUT2D eigenvalue weighted by Crippen LogP contribution is -2.14. The Morgan fingerprint density at radius 2 is 2.10 bits per heavy atom. The fraction of sp³-hybridized carbons (Fsp3) is 0.200. The summed E-state index contributed by atoms with van der Waals surface area (Å²) in [5.74, 6) is 0.0756. The lowest BCUT2D eigenvalue weighted by Gasteiger charge is -2.06. The molecule has 4 rings (SSSR count). The minimum atomic E-state index is -0.581. The molecule has 0 saturated heterocycles. The maximum absolute atomic E-state index is 13.9. The molecule has 31 heavy (non-hydrogen) atoms. The van der Waals surface area contributed by atoms with Gasteiger partial charge in [-0.05, 0) is 38.1 Å². The summed E-state index contributed by atoms with van der Waals surface area (Å²) >= 11 is 2.38. The molecule has 0 aliphatic carbocycles. The predicted molar refractivity (Wildman–Crippen MR) is 115 cm³/mol. The molecule has 1 aromatic carbocycles. The number of halogens is 2. The highest BCUT2D eigenvalue weighted by molar-refractivity contribution is 7.99. The summed E-state index contributed by atoms with van der Waals surface area (Å²) in [5.41, 5.74) is 1.16. The molecule has 0 spiro atoms. The summed E-state index contributed by atoms with van der Waals surface area (Å²) in [6, 6.07) is 4.98. The van der Waals surface area contributed by atoms with E-state index in [1.54, 1.807) is 11.6 Å². The largest absolute Gasteiger partial charge is 0.469 e. The van der Waals surface area contributed by atoms with Gasteiger partial charge in [0.1, 0.15) is 17.4 Å². The predicted octanol–water partition coefficient (Wildman–Crippen LogP) is 5.00. The average Bonchev–Trinajstić information content (AvgIpc) is 3.47. The van der Waals surface area contributed by atoms with Crippen molar-refractivity contribution in [2.75, 3.05) is 11.1 Å². The van der Waals surface area contributed by atoms with Gasteiger partial charge >= 0.3 is 0 Å². The number of anilines is 1. The van der Waals surface area contributed by atoms with Crippen molar-refractivity contribution in [2.45, 2.75) is 25.5 Å². The summed E-state index contributed by atoms with van der Waals surface area (Å²) in [6.45, 7) is 4.45. The van der Waals surface area contributed by atoms with Crippen molar-refractivity contribution < 1.29 is 18.0 Å². The molecule has 0 atom stereocenters. The van der Waals surface area contributed by atoms with Gasteiger partial charge in [0, 0.05) is 17.5 Å². The van der Waals surface area contributed by atoms with Crippen LogP contribution >= 0.6 is 23.1 Å². The zero-order valence-electron chi connectivity index (χ0n) is 16.6. The Hall–Kier alpha value is -3.05. The van der Waals surface area contributed by atoms with Gasteiger partial charge < -0.3 is 14.3 Å². The fourth-order valence-corrected chi connectivity index (χ4v) is 4.46. The summed E-state index contributed by atoms with van der Waals surface area (Å²) in [7, 11) is 0. The van der Waals surface area contributed by atoms with E-state index in [0.29, 0.717) is 22.7 Å². The van der Waals surface area contributed by atoms with Crippen molar-refractivity contribution in [1.82, 2.24) is 19.7 Å². The van der Waals surface area contributed by atoms with E-state index in [0.717, 1.165) is 40.9 Å². The van der Waals surface area contributed by atoms with E-state index in [4.69, 9.17) is 4.42 Å². The number of benzene rings is 1. The van der Waals surface area contributed by atoms with Gasteiger partial charge in [-0.15, -0.1) is 21.5 Å². The molecule has 11 heteroatoms. The fourth-order valence-electron chi connectivity index (χ4n) is 2.93. The molecule has 4 aromatic rings. The topological polar surface area (TPSA) is 85.8 Å². The number of furan rings is 1. The van der Waals surface area contributed by atoms with E-state index in [9.17, 15) is 13.6 Å². The van der Waals surface area contributed by atoms with E-state index >= 15 is 0 Å². The number of carbonyl (C=O) groups excluding carboxylic acids is 1. The smallest absolute Gasteiger partial charge is 0.236 e. The van der Waals surface area contributed by atoms with Crippen LogP contribution in [-0.4, -0.2) is 31.4 Å². The standard InChI is InChI=1S/C20H17F2N5O2S2/c1-3-27-18(13-6-7-29-11(13)2)25-26-20(27)31-10-17(28)24-19-23-16(9-30-19)14-8-12(21)4-5-15(14)22/h4-9H,3,10H2,1-2H3,(H,23,24,28). The van der Waals surface area contributed by atoms with Gasteiger partial charge in [0.25, 0.3) is 0 Å². The summed E-state index contributed by atoms with van der Waals surface area (Å²) in [5, 5.41) is 13.6. The third kappa shape index (κ3) is 4.52. The Kier molecular flexibility index (Phi) is 6.14. The van der Waals surface area contributed by atoms with Crippen LogP contribution in [0.1, 0.15) is 12.7 Å². The number of nitrogens with one attached hydrogen (secondary N) is 1. The molecule has 0 aliphatic rings. The van der Waals surface area contributed by atoms with Crippen LogP contribution in [0.2, 0.25) is 0 Å². The van der Waals surface area contributed by atoms with Crippen molar-refractivity contribution >= 4 is 34.1 Å². The molecule has 0 bridgehead atoms. The van der Waals surface area contributed by atoms with E-state index in [-0.39, 0.29) is 22.9 Å². The Balaban J connectivity index is 1.42. The molecule has 0 radical (unpaired) electrons. The van der Waals surface area contributed by atoms with Crippen LogP contribution in [0.15, 0.2) is 45.5 Å². The number of amides is 1. The Labute approximate surface area is 184 Å². The second-order valence-electron chi connectivity index (χ2n) is 6.44. The number of nitrogens with zero attached hydrogens (tertiary/aromatic N) is 4. The van der Waals surface area contributed by atoms with E-state index in [1.807, 2.05) is 24.5 Å². The van der Waals surface area contributed by atoms with Gasteiger partial charge in [-0.1, -0.05) is 11.8 Å². The first-order chi connectivity index (χ1) is 15.0. The van der Waals surface area contributed by atoms with Gasteiger partial charge in [0.2, 0.25) is 5.91 Å². The van der Waals surface area contributed by atoms with Crippen LogP contribution < -0.4 is 5.32 Å². The van der Waals surface area contributed by atoms with Gasteiger partial charge in [0.15, 0.2) is 16.1 Å². The first kappa shape index (κ1) is 21.2. The van der Waals surface area contributed by atoms with Crippen molar-refractivity contribution in [3.05, 3.63) is 53.3 Å². The highest BCUT2D eigenvalue weighted by Gasteiger charge is 2.18. The second kappa shape index (κ2) is 8.98. The first-order valence-electron chi connectivity index (χ1n) is 9.27. The monoisotopic (exact) mass is 461 g/mol. The third-order valence-corrected chi connectivity index (χ3v) is 6.14. The van der Waals surface area contributed by atoms with E-state index < -0.39 is 11.6 Å². The molecule has 7 nitrogen and oxygen atoms in total. The molecule has 0 saturated carbocycles. The number of aromatic nitrogens is 4. The Morgan fingerprint density at radius 3 is 2.84 bits per heavy atom. The number of hydrogen-bond donors (Lipinski definition) is 1. The lowest BCUT2D eigenvalue weighted by atomic mass is 10.1. The van der Waals surface area contributed by atoms with Crippen LogP contribution in [-0.2, 0) is 11.3 Å². The van der Waals surface area contributed by atoms with E-state index in [1.165, 1.54) is 11.8 Å². The third-order valence-electron chi connectivity index (χ3n) is 4.42.